The zero-order chi connectivity index (χ0) is 13.7. The molecular weight excluding hydrogens is 253 g/mol. The normalized spacial score (nSPS) is 11.7. The number of nitrogens with zero attached hydrogens (tertiary/aromatic N) is 1. The van der Waals surface area contributed by atoms with Crippen molar-refractivity contribution in [3.8, 4) is 0 Å². The highest BCUT2D eigenvalue weighted by atomic mass is 32.1. The van der Waals surface area contributed by atoms with Crippen LogP contribution in [0.4, 0.5) is 14.9 Å². The maximum atomic E-state index is 12.7. The third kappa shape index (κ3) is 4.29. The number of nitrogens with two attached hydrogens (primary N) is 1. The van der Waals surface area contributed by atoms with E-state index < -0.39 is 0 Å². The maximum absolute atomic E-state index is 12.7. The largest absolute Gasteiger partial charge is 0.393 e. The van der Waals surface area contributed by atoms with Gasteiger partial charge in [0.25, 0.3) is 0 Å². The van der Waals surface area contributed by atoms with E-state index in [1.165, 1.54) is 29.2 Å². The number of benzene rings is 1. The number of hydrogen-bond acceptors (Lipinski definition) is 2. The van der Waals surface area contributed by atoms with Gasteiger partial charge < -0.3 is 16.0 Å². The lowest BCUT2D eigenvalue weighted by Gasteiger charge is -2.21. The summed E-state index contributed by atoms with van der Waals surface area (Å²) in [6.07, 6.45) is 0. The molecule has 0 bridgehead atoms. The lowest BCUT2D eigenvalue weighted by Crippen LogP contribution is -2.37. The Hall–Kier alpha value is -1.69. The quantitative estimate of drug-likeness (QED) is 0.824. The Morgan fingerprint density at radius 1 is 1.50 bits per heavy atom. The summed E-state index contributed by atoms with van der Waals surface area (Å²) < 4.78 is 12.7. The summed E-state index contributed by atoms with van der Waals surface area (Å²) in [4.78, 5) is 13.6. The van der Waals surface area contributed by atoms with Crippen LogP contribution in [0.2, 0.25) is 0 Å². The molecule has 2 amide bonds. The highest BCUT2D eigenvalue weighted by Gasteiger charge is 2.14. The molecule has 0 radical (unpaired) electrons. The molecule has 3 N–H and O–H groups in total. The van der Waals surface area contributed by atoms with Crippen molar-refractivity contribution in [2.45, 2.75) is 6.92 Å². The Morgan fingerprint density at radius 3 is 2.56 bits per heavy atom. The van der Waals surface area contributed by atoms with Crippen LogP contribution < -0.4 is 11.1 Å². The molecule has 6 heteroatoms. The second kappa shape index (κ2) is 6.30. The van der Waals surface area contributed by atoms with Gasteiger partial charge in [-0.1, -0.05) is 19.1 Å². The fourth-order valence-electron chi connectivity index (χ4n) is 1.34. The molecule has 0 heterocycles. The molecule has 0 saturated heterocycles. The van der Waals surface area contributed by atoms with Crippen molar-refractivity contribution in [3.63, 3.8) is 0 Å². The van der Waals surface area contributed by atoms with Gasteiger partial charge in [0.05, 0.1) is 4.99 Å². The number of amides is 2. The van der Waals surface area contributed by atoms with Crippen molar-refractivity contribution in [1.29, 1.82) is 0 Å². The van der Waals surface area contributed by atoms with Crippen molar-refractivity contribution >= 4 is 28.9 Å². The van der Waals surface area contributed by atoms with Gasteiger partial charge in [0.1, 0.15) is 5.82 Å². The van der Waals surface area contributed by atoms with Gasteiger partial charge in [-0.15, -0.1) is 0 Å². The van der Waals surface area contributed by atoms with Gasteiger partial charge >= 0.3 is 6.03 Å². The second-order valence-electron chi connectivity index (χ2n) is 4.12. The van der Waals surface area contributed by atoms with Crippen LogP contribution in [0.1, 0.15) is 6.92 Å². The van der Waals surface area contributed by atoms with Crippen molar-refractivity contribution < 1.29 is 9.18 Å². The fraction of sp³-hybridized carbons (Fsp3) is 0.333. The molecule has 1 atom stereocenters. The van der Waals surface area contributed by atoms with Crippen LogP contribution in [0.25, 0.3) is 0 Å². The van der Waals surface area contributed by atoms with Crippen LogP contribution in [0, 0.1) is 11.7 Å². The average Bonchev–Trinajstić information content (AvgIpc) is 2.31. The van der Waals surface area contributed by atoms with Crippen molar-refractivity contribution in [3.05, 3.63) is 30.1 Å². The van der Waals surface area contributed by atoms with E-state index in [2.05, 4.69) is 5.32 Å². The highest BCUT2D eigenvalue weighted by Crippen LogP contribution is 2.09. The SMILES string of the molecule is CC(CN(C)C(=O)Nc1ccc(F)cc1)C(N)=S. The minimum atomic E-state index is -0.344. The molecule has 1 aromatic carbocycles. The first kappa shape index (κ1) is 14.4. The molecule has 0 fully saturated rings. The molecule has 0 spiro atoms. The Bertz CT molecular complexity index is 435. The Labute approximate surface area is 111 Å². The number of anilines is 1. The molecule has 0 aliphatic heterocycles. The first-order valence-electron chi connectivity index (χ1n) is 5.47. The molecule has 0 aliphatic rings. The third-order valence-electron chi connectivity index (χ3n) is 2.48. The van der Waals surface area contributed by atoms with E-state index in [1.54, 1.807) is 7.05 Å². The Balaban J connectivity index is 2.54. The summed E-state index contributed by atoms with van der Waals surface area (Å²) in [5.74, 6) is -0.396. The van der Waals surface area contributed by atoms with Crippen LogP contribution >= 0.6 is 12.2 Å². The number of nitrogens with one attached hydrogen (secondary N) is 1. The Kier molecular flexibility index (Phi) is 5.03. The van der Waals surface area contributed by atoms with Crippen LogP contribution in [0.15, 0.2) is 24.3 Å². The fourth-order valence-corrected chi connectivity index (χ4v) is 1.41. The summed E-state index contributed by atoms with van der Waals surface area (Å²) in [5.41, 5.74) is 6.02. The van der Waals surface area contributed by atoms with Gasteiger partial charge in [-0.3, -0.25) is 0 Å². The average molecular weight is 269 g/mol. The van der Waals surface area contributed by atoms with Gasteiger partial charge in [-0.25, -0.2) is 9.18 Å². The standard InChI is InChI=1S/C12H16FN3OS/c1-8(11(14)18)7-16(2)12(17)15-10-5-3-9(13)4-6-10/h3-6,8H,7H2,1-2H3,(H2,14,18)(H,15,17). The van der Waals surface area contributed by atoms with Crippen LogP contribution in [-0.2, 0) is 0 Å². The predicted octanol–water partition coefficient (Wildman–Crippen LogP) is 2.21. The summed E-state index contributed by atoms with van der Waals surface area (Å²) >= 11 is 4.84. The monoisotopic (exact) mass is 269 g/mol. The van der Waals surface area contributed by atoms with E-state index in [0.29, 0.717) is 17.2 Å². The van der Waals surface area contributed by atoms with Crippen molar-refractivity contribution in [1.82, 2.24) is 4.90 Å². The zero-order valence-electron chi connectivity index (χ0n) is 10.3. The van der Waals surface area contributed by atoms with Crippen LogP contribution in [0.5, 0.6) is 0 Å². The molecule has 4 nitrogen and oxygen atoms in total. The summed E-state index contributed by atoms with van der Waals surface area (Å²) in [6, 6.07) is 5.28. The van der Waals surface area contributed by atoms with Gasteiger partial charge in [0.15, 0.2) is 0 Å². The highest BCUT2D eigenvalue weighted by molar-refractivity contribution is 7.80. The second-order valence-corrected chi connectivity index (χ2v) is 4.59. The smallest absolute Gasteiger partial charge is 0.321 e. The summed E-state index contributed by atoms with van der Waals surface area (Å²) in [5, 5.41) is 2.65. The zero-order valence-corrected chi connectivity index (χ0v) is 11.1. The van der Waals surface area contributed by atoms with E-state index >= 15 is 0 Å². The number of hydrogen-bond donors (Lipinski definition) is 2. The molecule has 0 saturated carbocycles. The minimum Gasteiger partial charge on any atom is -0.393 e. The number of rotatable bonds is 4. The topological polar surface area (TPSA) is 58.4 Å². The molecule has 1 rings (SSSR count). The summed E-state index contributed by atoms with van der Waals surface area (Å²) in [6.45, 7) is 2.28. The van der Waals surface area contributed by atoms with Gasteiger partial charge in [0, 0.05) is 25.2 Å². The Morgan fingerprint density at radius 2 is 2.06 bits per heavy atom. The third-order valence-corrected chi connectivity index (χ3v) is 2.88. The minimum absolute atomic E-state index is 0.0519. The van der Waals surface area contributed by atoms with Gasteiger partial charge in [-0.2, -0.15) is 0 Å². The number of thiocarbonyl (C=S) groups is 1. The van der Waals surface area contributed by atoms with E-state index in [-0.39, 0.29) is 17.8 Å². The van der Waals surface area contributed by atoms with E-state index in [1.807, 2.05) is 6.92 Å². The van der Waals surface area contributed by atoms with E-state index in [9.17, 15) is 9.18 Å². The van der Waals surface area contributed by atoms with Crippen LogP contribution in [-0.4, -0.2) is 29.5 Å². The van der Waals surface area contributed by atoms with E-state index in [0.717, 1.165) is 0 Å². The first-order chi connectivity index (χ1) is 8.40. The molecule has 0 aromatic heterocycles. The molecule has 1 unspecified atom stereocenters. The van der Waals surface area contributed by atoms with Crippen molar-refractivity contribution in [2.75, 3.05) is 18.9 Å². The van der Waals surface area contributed by atoms with Gasteiger partial charge in [-0.05, 0) is 24.3 Å². The predicted molar refractivity (Wildman–Crippen MR) is 74.0 cm³/mol. The number of urea groups is 1. The van der Waals surface area contributed by atoms with Crippen molar-refractivity contribution in [2.24, 2.45) is 11.7 Å². The summed E-state index contributed by atoms with van der Waals surface area (Å²) in [7, 11) is 1.65. The molecule has 18 heavy (non-hydrogen) atoms. The molecule has 1 aromatic rings. The lowest BCUT2D eigenvalue weighted by molar-refractivity contribution is 0.220. The number of carbonyl (C=O) groups excluding carboxylic acids is 1. The van der Waals surface area contributed by atoms with Crippen LogP contribution in [0.3, 0.4) is 0 Å². The number of halogens is 1. The number of carbonyl (C=O) groups is 1. The molecular formula is C12H16FN3OS. The molecule has 98 valence electrons. The maximum Gasteiger partial charge on any atom is 0.321 e. The lowest BCUT2D eigenvalue weighted by atomic mass is 10.2. The molecule has 0 aliphatic carbocycles. The van der Waals surface area contributed by atoms with Gasteiger partial charge in [0.2, 0.25) is 0 Å². The first-order valence-corrected chi connectivity index (χ1v) is 5.88. The van der Waals surface area contributed by atoms with E-state index in [4.69, 9.17) is 18.0 Å².